The van der Waals surface area contributed by atoms with Gasteiger partial charge in [-0.15, -0.1) is 5.46 Å². The van der Waals surface area contributed by atoms with Crippen LogP contribution in [0.15, 0.2) is 60.7 Å². The zero-order chi connectivity index (χ0) is 17.7. The van der Waals surface area contributed by atoms with Crippen molar-refractivity contribution in [3.05, 3.63) is 71.1 Å². The van der Waals surface area contributed by atoms with Crippen LogP contribution in [0.4, 0.5) is 13.2 Å². The highest BCUT2D eigenvalue weighted by atomic mass is 32.1. The molecule has 0 radical (unpaired) electrons. The van der Waals surface area contributed by atoms with Crippen LogP contribution in [-0.4, -0.2) is 6.55 Å². The molecule has 0 atom stereocenters. The molecule has 1 aliphatic rings. The zero-order valence-electron chi connectivity index (χ0n) is 13.2. The van der Waals surface area contributed by atoms with Crippen LogP contribution in [0, 0.1) is 6.92 Å². The SMILES string of the molecule is Cc1ccc([B-]2(c3ccc(C(F)(F)F)cc3)Oc3ccccc3O2)s1. The summed E-state index contributed by atoms with van der Waals surface area (Å²) in [6.07, 6.45) is -4.38. The maximum atomic E-state index is 12.9. The number of hydrogen-bond acceptors (Lipinski definition) is 3. The van der Waals surface area contributed by atoms with Gasteiger partial charge < -0.3 is 9.31 Å². The molecule has 128 valence electrons. The lowest BCUT2D eigenvalue weighted by molar-refractivity contribution is -0.137. The van der Waals surface area contributed by atoms with Gasteiger partial charge in [-0.3, -0.25) is 0 Å². The predicted octanol–water partition coefficient (Wildman–Crippen LogP) is 4.10. The second kappa shape index (κ2) is 5.56. The van der Waals surface area contributed by atoms with Gasteiger partial charge in [-0.25, -0.2) is 0 Å². The van der Waals surface area contributed by atoms with E-state index in [2.05, 4.69) is 0 Å². The summed E-state index contributed by atoms with van der Waals surface area (Å²) in [6.45, 7) is -0.129. The van der Waals surface area contributed by atoms with Gasteiger partial charge >= 0.3 is 12.7 Å². The summed E-state index contributed by atoms with van der Waals surface area (Å²) in [6, 6.07) is 16.1. The molecule has 0 spiro atoms. The lowest BCUT2D eigenvalue weighted by Gasteiger charge is -2.35. The number of para-hydroxylation sites is 2. The predicted molar refractivity (Wildman–Crippen MR) is 93.2 cm³/mol. The molecule has 1 aromatic heterocycles. The number of benzene rings is 2. The molecule has 7 heteroatoms. The highest BCUT2D eigenvalue weighted by molar-refractivity contribution is 7.27. The fourth-order valence-corrected chi connectivity index (χ4v) is 4.06. The van der Waals surface area contributed by atoms with Crippen molar-refractivity contribution >= 4 is 28.1 Å². The summed E-state index contributed by atoms with van der Waals surface area (Å²) < 4.78 is 51.8. The minimum absolute atomic E-state index is 0.575. The molecule has 2 nitrogen and oxygen atoms in total. The van der Waals surface area contributed by atoms with Gasteiger partial charge in [0, 0.05) is 0 Å². The van der Waals surface area contributed by atoms with Crippen molar-refractivity contribution in [2.75, 3.05) is 0 Å². The molecule has 25 heavy (non-hydrogen) atoms. The molecule has 0 fully saturated rings. The summed E-state index contributed by atoms with van der Waals surface area (Å²) in [5, 5.41) is 0. The number of rotatable bonds is 2. The molecule has 0 amide bonds. The maximum absolute atomic E-state index is 12.9. The van der Waals surface area contributed by atoms with Crippen molar-refractivity contribution in [1.29, 1.82) is 0 Å². The quantitative estimate of drug-likeness (QED) is 0.640. The zero-order valence-corrected chi connectivity index (χ0v) is 14.0. The number of aryl methyl sites for hydroxylation is 1. The van der Waals surface area contributed by atoms with Gasteiger partial charge in [0.15, 0.2) is 0 Å². The van der Waals surface area contributed by atoms with Crippen molar-refractivity contribution in [2.24, 2.45) is 0 Å². The van der Waals surface area contributed by atoms with Crippen molar-refractivity contribution in [3.63, 3.8) is 0 Å². The van der Waals surface area contributed by atoms with E-state index in [0.29, 0.717) is 17.0 Å². The van der Waals surface area contributed by atoms with E-state index >= 15 is 0 Å². The fraction of sp³-hybridized carbons (Fsp3) is 0.111. The summed E-state index contributed by atoms with van der Waals surface area (Å²) >= 11 is 1.51. The second-order valence-corrected chi connectivity index (χ2v) is 7.28. The van der Waals surface area contributed by atoms with Crippen molar-refractivity contribution in [1.82, 2.24) is 0 Å². The number of hydrogen-bond donors (Lipinski definition) is 0. The molecular weight excluding hydrogens is 348 g/mol. The van der Waals surface area contributed by atoms with Crippen molar-refractivity contribution in [2.45, 2.75) is 13.1 Å². The first-order valence-corrected chi connectivity index (χ1v) is 8.56. The van der Waals surface area contributed by atoms with Gasteiger partial charge in [0.05, 0.1) is 5.56 Å². The lowest BCUT2D eigenvalue weighted by atomic mass is 9.50. The van der Waals surface area contributed by atoms with Gasteiger partial charge in [-0.1, -0.05) is 53.3 Å². The molecule has 2 aromatic carbocycles. The first-order chi connectivity index (χ1) is 11.9. The molecule has 3 aromatic rings. The summed E-state index contributed by atoms with van der Waals surface area (Å²) in [4.78, 5) is 1.08. The molecule has 0 unspecified atom stereocenters. The summed E-state index contributed by atoms with van der Waals surface area (Å²) in [5.74, 6) is 1.18. The number of thiophene rings is 1. The second-order valence-electron chi connectivity index (χ2n) is 5.96. The summed E-state index contributed by atoms with van der Waals surface area (Å²) in [7, 11) is 0. The third-order valence-electron chi connectivity index (χ3n) is 4.25. The Morgan fingerprint density at radius 2 is 1.44 bits per heavy atom. The van der Waals surface area contributed by atoms with E-state index in [1.54, 1.807) is 12.1 Å². The van der Waals surface area contributed by atoms with Crippen molar-refractivity contribution < 1.29 is 22.5 Å². The normalized spacial score (nSPS) is 15.4. The molecule has 0 aliphatic carbocycles. The Hall–Kier alpha value is -2.41. The Kier molecular flexibility index (Phi) is 3.58. The summed E-state index contributed by atoms with van der Waals surface area (Å²) in [5.41, 5.74) is -0.119. The van der Waals surface area contributed by atoms with Crippen LogP contribution in [-0.2, 0) is 6.18 Å². The molecule has 1 aliphatic heterocycles. The van der Waals surface area contributed by atoms with E-state index < -0.39 is 18.3 Å². The highest BCUT2D eigenvalue weighted by Gasteiger charge is 2.42. The Morgan fingerprint density at radius 3 is 1.92 bits per heavy atom. The molecule has 0 saturated heterocycles. The third-order valence-corrected chi connectivity index (χ3v) is 5.39. The smallest absolute Gasteiger partial charge is 0.416 e. The van der Waals surface area contributed by atoms with Crippen molar-refractivity contribution in [3.8, 4) is 11.5 Å². The molecule has 4 rings (SSSR count). The van der Waals surface area contributed by atoms with Gasteiger partial charge in [-0.2, -0.15) is 24.5 Å². The average Bonchev–Trinajstić information content (AvgIpc) is 3.18. The minimum Gasteiger partial charge on any atom is -0.673 e. The van der Waals surface area contributed by atoms with Gasteiger partial charge in [-0.05, 0) is 23.9 Å². The van der Waals surface area contributed by atoms with E-state index in [-0.39, 0.29) is 0 Å². The molecule has 2 heterocycles. The number of halogens is 3. The van der Waals surface area contributed by atoms with Crippen LogP contribution in [0.1, 0.15) is 10.4 Å². The first kappa shape index (κ1) is 16.1. The average molecular weight is 361 g/mol. The standard InChI is InChI=1S/C18H13BF3O2S/c1-12-6-11-17(25-12)19(23-15-4-2-3-5-16(15)24-19)14-9-7-13(8-10-14)18(20,21)22/h2-11H,1H3/q-1. The van der Waals surface area contributed by atoms with Gasteiger partial charge in [0.1, 0.15) is 11.5 Å². The number of alkyl halides is 3. The topological polar surface area (TPSA) is 18.5 Å². The Labute approximate surface area is 146 Å². The first-order valence-electron chi connectivity index (χ1n) is 7.74. The fourth-order valence-electron chi connectivity index (χ4n) is 3.03. The third kappa shape index (κ3) is 2.68. The van der Waals surface area contributed by atoms with E-state index in [9.17, 15) is 13.2 Å². The van der Waals surface area contributed by atoms with Crippen LogP contribution in [0.2, 0.25) is 0 Å². The van der Waals surface area contributed by atoms with Crippen LogP contribution < -0.4 is 19.5 Å². The Morgan fingerprint density at radius 1 is 0.840 bits per heavy atom. The minimum atomic E-state index is -4.38. The molecule has 0 bridgehead atoms. The largest absolute Gasteiger partial charge is 0.673 e. The Bertz CT molecular complexity index is 894. The van der Waals surface area contributed by atoms with Crippen LogP contribution in [0.5, 0.6) is 11.5 Å². The number of fused-ring (bicyclic) bond motifs is 1. The monoisotopic (exact) mass is 361 g/mol. The van der Waals surface area contributed by atoms with Gasteiger partial charge in [0.2, 0.25) is 0 Å². The van der Waals surface area contributed by atoms with Crippen LogP contribution in [0.3, 0.4) is 0 Å². The lowest BCUT2D eigenvalue weighted by Crippen LogP contribution is -2.65. The van der Waals surface area contributed by atoms with Crippen LogP contribution in [0.25, 0.3) is 0 Å². The van der Waals surface area contributed by atoms with E-state index in [1.807, 2.05) is 31.2 Å². The Balaban J connectivity index is 1.83. The van der Waals surface area contributed by atoms with Crippen LogP contribution >= 0.6 is 11.3 Å². The molecule has 0 N–H and O–H groups in total. The molecular formula is C18H13BF3O2S-. The van der Waals surface area contributed by atoms with E-state index in [1.165, 1.54) is 23.5 Å². The molecule has 0 saturated carbocycles. The maximum Gasteiger partial charge on any atom is 0.416 e. The van der Waals surface area contributed by atoms with E-state index in [0.717, 1.165) is 21.8 Å². The van der Waals surface area contributed by atoms with Gasteiger partial charge in [0.25, 0.3) is 0 Å². The van der Waals surface area contributed by atoms with E-state index in [4.69, 9.17) is 9.31 Å². The highest BCUT2D eigenvalue weighted by Crippen LogP contribution is 2.37.